The summed E-state index contributed by atoms with van der Waals surface area (Å²) in [7, 11) is -4.41. The van der Waals surface area contributed by atoms with Crippen LogP contribution < -0.4 is 11.1 Å². The van der Waals surface area contributed by atoms with Crippen LogP contribution in [0, 0.1) is 5.92 Å². The predicted molar refractivity (Wildman–Crippen MR) is 107 cm³/mol. The lowest BCUT2D eigenvalue weighted by atomic mass is 10.1. The molecule has 0 bridgehead atoms. The van der Waals surface area contributed by atoms with E-state index in [1.165, 1.54) is 0 Å². The van der Waals surface area contributed by atoms with Crippen LogP contribution in [0.5, 0.6) is 0 Å². The summed E-state index contributed by atoms with van der Waals surface area (Å²) in [5, 5.41) is 11.8. The molecular formula is C19H31N2O6P. The SMILES string of the molecule is CC(C)[C@@H](NC(=O)CCc1ccccc1)P(=O)(O)OC(CCCCN)C(=O)O. The number of carbonyl (C=O) groups is 2. The summed E-state index contributed by atoms with van der Waals surface area (Å²) in [5.74, 6) is -3.32. The number of nitrogens with one attached hydrogen (secondary N) is 1. The Hall–Kier alpha value is -1.73. The molecule has 1 amide bonds. The second-order valence-electron chi connectivity index (χ2n) is 7.02. The summed E-state index contributed by atoms with van der Waals surface area (Å²) in [4.78, 5) is 34.0. The Balaban J connectivity index is 2.73. The maximum Gasteiger partial charge on any atom is 0.351 e. The molecule has 0 aromatic heterocycles. The maximum atomic E-state index is 12.7. The first kappa shape index (κ1) is 24.3. The van der Waals surface area contributed by atoms with Gasteiger partial charge in [-0.05, 0) is 43.7 Å². The van der Waals surface area contributed by atoms with E-state index < -0.39 is 37.3 Å². The largest absolute Gasteiger partial charge is 0.479 e. The minimum atomic E-state index is -4.41. The lowest BCUT2D eigenvalue weighted by Gasteiger charge is -2.28. The van der Waals surface area contributed by atoms with Crippen molar-refractivity contribution >= 4 is 19.5 Å². The summed E-state index contributed by atoms with van der Waals surface area (Å²) < 4.78 is 17.8. The van der Waals surface area contributed by atoms with Crippen molar-refractivity contribution < 1.29 is 28.7 Å². The van der Waals surface area contributed by atoms with Gasteiger partial charge in [-0.3, -0.25) is 13.9 Å². The first-order valence-corrected chi connectivity index (χ1v) is 11.1. The van der Waals surface area contributed by atoms with Gasteiger partial charge in [-0.2, -0.15) is 0 Å². The van der Waals surface area contributed by atoms with Crippen molar-refractivity contribution in [3.05, 3.63) is 35.9 Å². The smallest absolute Gasteiger partial charge is 0.351 e. The average Bonchev–Trinajstić information content (AvgIpc) is 2.64. The van der Waals surface area contributed by atoms with Crippen LogP contribution in [0.2, 0.25) is 0 Å². The van der Waals surface area contributed by atoms with Gasteiger partial charge in [0.25, 0.3) is 0 Å². The normalized spacial score (nSPS) is 15.6. The highest BCUT2D eigenvalue weighted by Crippen LogP contribution is 2.50. The van der Waals surface area contributed by atoms with E-state index in [-0.39, 0.29) is 12.8 Å². The number of carbonyl (C=O) groups excluding carboxylic acids is 1. The maximum absolute atomic E-state index is 12.7. The summed E-state index contributed by atoms with van der Waals surface area (Å²) in [5.41, 5.74) is 6.37. The highest BCUT2D eigenvalue weighted by atomic mass is 31.2. The fraction of sp³-hybridized carbons (Fsp3) is 0.579. The molecule has 0 heterocycles. The number of carboxylic acids is 1. The number of unbranched alkanes of at least 4 members (excludes halogenated alkanes) is 1. The van der Waals surface area contributed by atoms with E-state index in [9.17, 15) is 24.2 Å². The number of aliphatic carboxylic acids is 1. The number of benzene rings is 1. The standard InChI is InChI=1S/C19H31N2O6P/c1-14(2)18(21-17(22)12-11-15-8-4-3-5-9-15)28(25,26)27-16(19(23)24)10-6-7-13-20/h3-5,8-9,14,16,18H,6-7,10-13,20H2,1-2H3,(H,21,22)(H,23,24)(H,25,26)/t16?,18-/m0/s1. The second kappa shape index (κ2) is 12.0. The van der Waals surface area contributed by atoms with Crippen LogP contribution in [0.4, 0.5) is 0 Å². The third-order valence-electron chi connectivity index (χ3n) is 4.25. The van der Waals surface area contributed by atoms with Crippen LogP contribution in [-0.2, 0) is 25.1 Å². The molecule has 9 heteroatoms. The van der Waals surface area contributed by atoms with Gasteiger partial charge in [0.1, 0.15) is 5.78 Å². The van der Waals surface area contributed by atoms with Gasteiger partial charge in [-0.15, -0.1) is 0 Å². The van der Waals surface area contributed by atoms with E-state index in [0.717, 1.165) is 5.56 Å². The molecule has 8 nitrogen and oxygen atoms in total. The Bertz CT molecular complexity index is 668. The van der Waals surface area contributed by atoms with E-state index in [1.807, 2.05) is 30.3 Å². The fourth-order valence-corrected chi connectivity index (χ4v) is 4.46. The molecule has 0 aliphatic rings. The van der Waals surface area contributed by atoms with Crippen molar-refractivity contribution in [2.24, 2.45) is 11.7 Å². The number of nitrogens with two attached hydrogens (primary N) is 1. The van der Waals surface area contributed by atoms with Crippen molar-refractivity contribution in [1.29, 1.82) is 0 Å². The summed E-state index contributed by atoms with van der Waals surface area (Å²) in [6.45, 7) is 3.73. The van der Waals surface area contributed by atoms with Crippen LogP contribution >= 0.6 is 7.60 Å². The molecule has 1 aromatic rings. The van der Waals surface area contributed by atoms with E-state index >= 15 is 0 Å². The molecule has 0 aliphatic carbocycles. The Morgan fingerprint density at radius 3 is 2.39 bits per heavy atom. The minimum Gasteiger partial charge on any atom is -0.479 e. The van der Waals surface area contributed by atoms with Crippen molar-refractivity contribution in [1.82, 2.24) is 5.32 Å². The van der Waals surface area contributed by atoms with Crippen molar-refractivity contribution in [3.63, 3.8) is 0 Å². The highest BCUT2D eigenvalue weighted by Gasteiger charge is 2.40. The van der Waals surface area contributed by atoms with Gasteiger partial charge in [-0.1, -0.05) is 44.2 Å². The van der Waals surface area contributed by atoms with Crippen LogP contribution in [0.3, 0.4) is 0 Å². The molecule has 0 saturated heterocycles. The van der Waals surface area contributed by atoms with Crippen LogP contribution in [0.1, 0.15) is 45.1 Å². The number of hydrogen-bond donors (Lipinski definition) is 4. The molecule has 5 N–H and O–H groups in total. The Kier molecular flexibility index (Phi) is 10.4. The van der Waals surface area contributed by atoms with E-state index in [0.29, 0.717) is 25.8 Å². The average molecular weight is 414 g/mol. The van der Waals surface area contributed by atoms with Gasteiger partial charge in [0, 0.05) is 6.42 Å². The molecule has 3 atom stereocenters. The summed E-state index contributed by atoms with van der Waals surface area (Å²) in [6, 6.07) is 9.41. The third kappa shape index (κ3) is 8.52. The molecular weight excluding hydrogens is 383 g/mol. The number of rotatable bonds is 13. The topological polar surface area (TPSA) is 139 Å². The molecule has 0 saturated carbocycles. The fourth-order valence-electron chi connectivity index (χ4n) is 2.71. The van der Waals surface area contributed by atoms with Gasteiger partial charge < -0.3 is 21.1 Å². The molecule has 1 aromatic carbocycles. The highest BCUT2D eigenvalue weighted by molar-refractivity contribution is 7.53. The number of amides is 1. The first-order chi connectivity index (χ1) is 13.2. The second-order valence-corrected chi connectivity index (χ2v) is 8.92. The van der Waals surface area contributed by atoms with Gasteiger partial charge in [0.2, 0.25) is 5.91 Å². The molecule has 28 heavy (non-hydrogen) atoms. The number of hydrogen-bond acceptors (Lipinski definition) is 5. The Morgan fingerprint density at radius 2 is 1.86 bits per heavy atom. The van der Waals surface area contributed by atoms with E-state index in [1.54, 1.807) is 13.8 Å². The zero-order valence-corrected chi connectivity index (χ0v) is 17.3. The van der Waals surface area contributed by atoms with E-state index in [4.69, 9.17) is 10.3 Å². The monoisotopic (exact) mass is 414 g/mol. The summed E-state index contributed by atoms with van der Waals surface area (Å²) >= 11 is 0. The van der Waals surface area contributed by atoms with Gasteiger partial charge >= 0.3 is 13.6 Å². The van der Waals surface area contributed by atoms with Crippen molar-refractivity contribution in [2.75, 3.05) is 6.54 Å². The molecule has 0 spiro atoms. The minimum absolute atomic E-state index is 0.0733. The van der Waals surface area contributed by atoms with Crippen LogP contribution in [0.25, 0.3) is 0 Å². The van der Waals surface area contributed by atoms with Gasteiger partial charge in [0.15, 0.2) is 6.10 Å². The molecule has 0 radical (unpaired) electrons. The Morgan fingerprint density at radius 1 is 1.21 bits per heavy atom. The van der Waals surface area contributed by atoms with Crippen LogP contribution in [0.15, 0.2) is 30.3 Å². The molecule has 0 aliphatic heterocycles. The number of aryl methyl sites for hydroxylation is 1. The van der Waals surface area contributed by atoms with Gasteiger partial charge in [0.05, 0.1) is 0 Å². The molecule has 2 unspecified atom stereocenters. The molecule has 1 rings (SSSR count). The zero-order valence-electron chi connectivity index (χ0n) is 16.4. The van der Waals surface area contributed by atoms with Crippen LogP contribution in [-0.4, -0.2) is 40.3 Å². The van der Waals surface area contributed by atoms with Gasteiger partial charge in [-0.25, -0.2) is 4.79 Å². The lowest BCUT2D eigenvalue weighted by molar-refractivity contribution is -0.145. The number of carboxylic acid groups (broad SMARTS) is 1. The Labute approximate surface area is 166 Å². The molecule has 0 fully saturated rings. The summed E-state index contributed by atoms with van der Waals surface area (Å²) in [6.07, 6.45) is 0.335. The van der Waals surface area contributed by atoms with Crippen molar-refractivity contribution in [2.45, 2.75) is 57.8 Å². The molecule has 158 valence electrons. The zero-order chi connectivity index (χ0) is 21.2. The predicted octanol–water partition coefficient (Wildman–Crippen LogP) is 2.50. The van der Waals surface area contributed by atoms with E-state index in [2.05, 4.69) is 5.32 Å². The quantitative estimate of drug-likeness (QED) is 0.287. The third-order valence-corrected chi connectivity index (χ3v) is 6.23. The van der Waals surface area contributed by atoms with Crippen molar-refractivity contribution in [3.8, 4) is 0 Å². The first-order valence-electron chi connectivity index (χ1n) is 9.44. The lowest BCUT2D eigenvalue weighted by Crippen LogP contribution is -2.40.